The van der Waals surface area contributed by atoms with E-state index < -0.39 is 12.7 Å². The summed E-state index contributed by atoms with van der Waals surface area (Å²) in [7, 11) is 0. The Morgan fingerprint density at radius 3 is 2.87 bits per heavy atom. The van der Waals surface area contributed by atoms with Crippen molar-refractivity contribution in [2.24, 2.45) is 0 Å². The van der Waals surface area contributed by atoms with Crippen LogP contribution in [0.15, 0.2) is 16.8 Å². The van der Waals surface area contributed by atoms with Crippen molar-refractivity contribution in [3.63, 3.8) is 0 Å². The van der Waals surface area contributed by atoms with Crippen LogP contribution in [-0.4, -0.2) is 48.3 Å². The first-order valence-electron chi connectivity index (χ1n) is 7.82. The van der Waals surface area contributed by atoms with E-state index in [9.17, 15) is 18.0 Å². The molecule has 0 spiro atoms. The third-order valence-corrected chi connectivity index (χ3v) is 4.98. The highest BCUT2D eigenvalue weighted by Gasteiger charge is 2.42. The lowest BCUT2D eigenvalue weighted by molar-refractivity contribution is -0.155. The molecule has 23 heavy (non-hydrogen) atoms. The molecule has 3 unspecified atom stereocenters. The molecule has 1 aliphatic carbocycles. The number of thiophene rings is 1. The van der Waals surface area contributed by atoms with Crippen molar-refractivity contribution < 1.29 is 18.0 Å². The maximum Gasteiger partial charge on any atom is 0.401 e. The molecule has 2 aliphatic rings. The Morgan fingerprint density at radius 1 is 1.35 bits per heavy atom. The van der Waals surface area contributed by atoms with Gasteiger partial charge in [-0.15, -0.1) is 0 Å². The van der Waals surface area contributed by atoms with E-state index in [2.05, 4.69) is 10.6 Å². The standard InChI is InChI=1S/C15H20F3N3OS/c16-15(17,18)9-21-5-2-1-3-13(21)19-11-7-12(11)20-14(22)10-4-6-23-8-10/h4,6,8,11-13,19H,1-3,5,7,9H2,(H,20,22). The first-order chi connectivity index (χ1) is 10.9. The molecule has 1 aliphatic heterocycles. The molecule has 2 heterocycles. The molecular weight excluding hydrogens is 327 g/mol. The van der Waals surface area contributed by atoms with Gasteiger partial charge in [-0.25, -0.2) is 0 Å². The van der Waals surface area contributed by atoms with E-state index in [0.29, 0.717) is 12.1 Å². The summed E-state index contributed by atoms with van der Waals surface area (Å²) in [6.07, 6.45) is -1.20. The summed E-state index contributed by atoms with van der Waals surface area (Å²) < 4.78 is 37.9. The summed E-state index contributed by atoms with van der Waals surface area (Å²) in [4.78, 5) is 13.4. The first kappa shape index (κ1) is 16.7. The molecule has 0 aromatic carbocycles. The fourth-order valence-electron chi connectivity index (χ4n) is 3.03. The number of nitrogens with zero attached hydrogens (tertiary/aromatic N) is 1. The number of rotatable bonds is 5. The van der Waals surface area contributed by atoms with Gasteiger partial charge >= 0.3 is 6.18 Å². The molecule has 0 bridgehead atoms. The van der Waals surface area contributed by atoms with E-state index in [0.717, 1.165) is 25.7 Å². The third kappa shape index (κ3) is 4.68. The molecule has 2 fully saturated rings. The molecular formula is C15H20F3N3OS. The molecule has 1 saturated heterocycles. The van der Waals surface area contributed by atoms with Crippen LogP contribution in [0.2, 0.25) is 0 Å². The Hall–Kier alpha value is -1.12. The number of carbonyl (C=O) groups excluding carboxylic acids is 1. The van der Waals surface area contributed by atoms with Crippen LogP contribution in [0.5, 0.6) is 0 Å². The van der Waals surface area contributed by atoms with E-state index in [1.54, 1.807) is 11.4 Å². The second-order valence-corrected chi connectivity index (χ2v) is 6.98. The largest absolute Gasteiger partial charge is 0.401 e. The molecule has 8 heteroatoms. The van der Waals surface area contributed by atoms with Gasteiger partial charge < -0.3 is 5.32 Å². The molecule has 2 N–H and O–H groups in total. The van der Waals surface area contributed by atoms with Gasteiger partial charge in [-0.05, 0) is 43.7 Å². The molecule has 128 valence electrons. The van der Waals surface area contributed by atoms with Crippen LogP contribution in [0.25, 0.3) is 0 Å². The predicted molar refractivity (Wildman–Crippen MR) is 82.4 cm³/mol. The van der Waals surface area contributed by atoms with Crippen LogP contribution in [-0.2, 0) is 0 Å². The Morgan fingerprint density at radius 2 is 2.17 bits per heavy atom. The second kappa shape index (κ2) is 6.78. The number of nitrogens with one attached hydrogen (secondary N) is 2. The van der Waals surface area contributed by atoms with Gasteiger partial charge in [0.05, 0.1) is 12.7 Å². The molecule has 3 rings (SSSR count). The molecule has 1 saturated carbocycles. The second-order valence-electron chi connectivity index (χ2n) is 6.20. The molecule has 1 aromatic heterocycles. The monoisotopic (exact) mass is 347 g/mol. The minimum Gasteiger partial charge on any atom is -0.348 e. The van der Waals surface area contributed by atoms with Crippen molar-refractivity contribution in [3.05, 3.63) is 22.4 Å². The van der Waals surface area contributed by atoms with Crippen LogP contribution in [0.4, 0.5) is 13.2 Å². The van der Waals surface area contributed by atoms with Crippen molar-refractivity contribution in [3.8, 4) is 0 Å². The Bertz CT molecular complexity index is 535. The van der Waals surface area contributed by atoms with E-state index in [-0.39, 0.29) is 24.2 Å². The van der Waals surface area contributed by atoms with E-state index >= 15 is 0 Å². The van der Waals surface area contributed by atoms with Crippen LogP contribution < -0.4 is 10.6 Å². The lowest BCUT2D eigenvalue weighted by atomic mass is 10.1. The van der Waals surface area contributed by atoms with E-state index in [1.807, 2.05) is 5.38 Å². The van der Waals surface area contributed by atoms with Crippen molar-refractivity contribution in [1.82, 2.24) is 15.5 Å². The lowest BCUT2D eigenvalue weighted by Crippen LogP contribution is -2.53. The molecule has 1 amide bonds. The summed E-state index contributed by atoms with van der Waals surface area (Å²) in [5.74, 6) is -0.114. The van der Waals surface area contributed by atoms with Crippen LogP contribution in [0.3, 0.4) is 0 Å². The van der Waals surface area contributed by atoms with Gasteiger partial charge in [0.1, 0.15) is 0 Å². The van der Waals surface area contributed by atoms with Gasteiger partial charge in [0.25, 0.3) is 5.91 Å². The maximum atomic E-state index is 12.6. The maximum absolute atomic E-state index is 12.6. The van der Waals surface area contributed by atoms with Gasteiger partial charge in [-0.3, -0.25) is 15.0 Å². The Balaban J connectivity index is 1.48. The summed E-state index contributed by atoms with van der Waals surface area (Å²) in [6, 6.07) is 1.84. The SMILES string of the molecule is O=C(NC1CC1NC1CCCCN1CC(F)(F)F)c1ccsc1. The van der Waals surface area contributed by atoms with Gasteiger partial charge in [0, 0.05) is 23.0 Å². The average Bonchev–Trinajstić information content (AvgIpc) is 2.99. The van der Waals surface area contributed by atoms with E-state index in [1.165, 1.54) is 16.2 Å². The fourth-order valence-corrected chi connectivity index (χ4v) is 3.67. The van der Waals surface area contributed by atoms with Gasteiger partial charge in [-0.1, -0.05) is 0 Å². The van der Waals surface area contributed by atoms with Crippen LogP contribution >= 0.6 is 11.3 Å². The highest BCUT2D eigenvalue weighted by atomic mass is 32.1. The number of carbonyl (C=O) groups is 1. The van der Waals surface area contributed by atoms with Crippen molar-refractivity contribution >= 4 is 17.2 Å². The first-order valence-corrected chi connectivity index (χ1v) is 8.76. The van der Waals surface area contributed by atoms with Gasteiger partial charge in [-0.2, -0.15) is 24.5 Å². The van der Waals surface area contributed by atoms with Crippen LogP contribution in [0, 0.1) is 0 Å². The quantitative estimate of drug-likeness (QED) is 0.861. The highest BCUT2D eigenvalue weighted by molar-refractivity contribution is 7.08. The number of hydrogen-bond donors (Lipinski definition) is 2. The molecule has 4 nitrogen and oxygen atoms in total. The normalized spacial score (nSPS) is 28.6. The summed E-state index contributed by atoms with van der Waals surface area (Å²) in [5, 5.41) is 9.83. The van der Waals surface area contributed by atoms with Crippen molar-refractivity contribution in [2.75, 3.05) is 13.1 Å². The van der Waals surface area contributed by atoms with Crippen molar-refractivity contribution in [2.45, 2.75) is 50.1 Å². The topological polar surface area (TPSA) is 44.4 Å². The number of piperidine rings is 1. The zero-order chi connectivity index (χ0) is 16.4. The zero-order valence-electron chi connectivity index (χ0n) is 12.6. The third-order valence-electron chi connectivity index (χ3n) is 4.29. The minimum absolute atomic E-state index is 0.0112. The smallest absolute Gasteiger partial charge is 0.348 e. The summed E-state index contributed by atoms with van der Waals surface area (Å²) in [6.45, 7) is -0.404. The molecule has 1 aromatic rings. The average molecular weight is 347 g/mol. The van der Waals surface area contributed by atoms with Gasteiger partial charge in [0.15, 0.2) is 0 Å². The molecule has 3 atom stereocenters. The number of hydrogen-bond acceptors (Lipinski definition) is 4. The van der Waals surface area contributed by atoms with E-state index in [4.69, 9.17) is 0 Å². The number of alkyl halides is 3. The molecule has 0 radical (unpaired) electrons. The summed E-state index contributed by atoms with van der Waals surface area (Å²) >= 11 is 1.46. The predicted octanol–water partition coefficient (Wildman–Crippen LogP) is 2.58. The number of halogens is 3. The summed E-state index contributed by atoms with van der Waals surface area (Å²) in [5.41, 5.74) is 0.636. The zero-order valence-corrected chi connectivity index (χ0v) is 13.4. The Labute approximate surface area is 137 Å². The Kier molecular flexibility index (Phi) is 4.93. The highest BCUT2D eigenvalue weighted by Crippen LogP contribution is 2.27. The van der Waals surface area contributed by atoms with Gasteiger partial charge in [0.2, 0.25) is 0 Å². The van der Waals surface area contributed by atoms with Crippen LogP contribution in [0.1, 0.15) is 36.0 Å². The minimum atomic E-state index is -4.17. The van der Waals surface area contributed by atoms with Crippen molar-refractivity contribution in [1.29, 1.82) is 0 Å². The number of likely N-dealkylation sites (tertiary alicyclic amines) is 1. The lowest BCUT2D eigenvalue weighted by Gasteiger charge is -2.36. The fraction of sp³-hybridized carbons (Fsp3) is 0.667. The number of amides is 1.